The van der Waals surface area contributed by atoms with Crippen molar-refractivity contribution >= 4 is 28.9 Å². The number of hydrogen-bond acceptors (Lipinski definition) is 3. The van der Waals surface area contributed by atoms with Gasteiger partial charge in [0.05, 0.1) is 15.5 Å². The number of benzene rings is 2. The lowest BCUT2D eigenvalue weighted by Crippen LogP contribution is -2.07. The molecule has 0 aliphatic carbocycles. The molecule has 116 valence electrons. The van der Waals surface area contributed by atoms with Gasteiger partial charge in [-0.15, -0.1) is 0 Å². The quantitative estimate of drug-likeness (QED) is 0.525. The molecule has 0 unspecified atom stereocenters. The van der Waals surface area contributed by atoms with Crippen LogP contribution < -0.4 is 4.74 Å². The summed E-state index contributed by atoms with van der Waals surface area (Å²) in [5.74, 6) is -0.228. The zero-order valence-electron chi connectivity index (χ0n) is 10.5. The maximum Gasteiger partial charge on any atom is 0.418 e. The van der Waals surface area contributed by atoms with Gasteiger partial charge in [-0.1, -0.05) is 23.2 Å². The van der Waals surface area contributed by atoms with Crippen molar-refractivity contribution in [2.24, 2.45) is 0 Å². The van der Waals surface area contributed by atoms with Crippen LogP contribution in [0.25, 0.3) is 0 Å². The number of halogens is 5. The summed E-state index contributed by atoms with van der Waals surface area (Å²) >= 11 is 11.2. The Morgan fingerprint density at radius 1 is 1.09 bits per heavy atom. The number of nitro benzene ring substituents is 1. The molecule has 0 saturated carbocycles. The highest BCUT2D eigenvalue weighted by atomic mass is 35.5. The molecule has 0 amide bonds. The first kappa shape index (κ1) is 16.4. The van der Waals surface area contributed by atoms with Crippen molar-refractivity contribution in [3.63, 3.8) is 0 Å². The van der Waals surface area contributed by atoms with Crippen LogP contribution in [0.2, 0.25) is 10.0 Å². The topological polar surface area (TPSA) is 52.4 Å². The molecule has 9 heteroatoms. The van der Waals surface area contributed by atoms with E-state index in [2.05, 4.69) is 0 Å². The first-order valence-corrected chi connectivity index (χ1v) is 6.42. The molecular weight excluding hydrogens is 346 g/mol. The van der Waals surface area contributed by atoms with E-state index in [-0.39, 0.29) is 5.75 Å². The first-order valence-electron chi connectivity index (χ1n) is 5.67. The summed E-state index contributed by atoms with van der Waals surface area (Å²) in [7, 11) is 0. The van der Waals surface area contributed by atoms with Crippen LogP contribution >= 0.6 is 23.2 Å². The Labute approximate surface area is 132 Å². The van der Waals surface area contributed by atoms with Crippen molar-refractivity contribution in [2.75, 3.05) is 0 Å². The van der Waals surface area contributed by atoms with E-state index in [4.69, 9.17) is 27.9 Å². The molecule has 0 aromatic heterocycles. The van der Waals surface area contributed by atoms with Crippen molar-refractivity contribution in [1.29, 1.82) is 0 Å². The maximum atomic E-state index is 12.7. The number of nitro groups is 1. The van der Waals surface area contributed by atoms with E-state index in [9.17, 15) is 23.3 Å². The second-order valence-corrected chi connectivity index (χ2v) is 4.95. The predicted octanol–water partition coefficient (Wildman–Crippen LogP) is 5.71. The van der Waals surface area contributed by atoms with Gasteiger partial charge >= 0.3 is 11.9 Å². The summed E-state index contributed by atoms with van der Waals surface area (Å²) in [6.45, 7) is 0. The Hall–Kier alpha value is -1.99. The van der Waals surface area contributed by atoms with Crippen LogP contribution in [-0.2, 0) is 6.18 Å². The van der Waals surface area contributed by atoms with E-state index in [1.807, 2.05) is 0 Å². The van der Waals surface area contributed by atoms with E-state index in [0.717, 1.165) is 6.07 Å². The number of alkyl halides is 3. The van der Waals surface area contributed by atoms with Crippen LogP contribution in [0.4, 0.5) is 18.9 Å². The van der Waals surface area contributed by atoms with Gasteiger partial charge in [0.2, 0.25) is 5.75 Å². The zero-order valence-corrected chi connectivity index (χ0v) is 12.0. The number of nitrogens with zero attached hydrogens (tertiary/aromatic N) is 1. The fraction of sp³-hybridized carbons (Fsp3) is 0.0769. The Bertz CT molecular complexity index is 718. The van der Waals surface area contributed by atoms with Crippen molar-refractivity contribution in [3.05, 3.63) is 62.1 Å². The maximum absolute atomic E-state index is 12.7. The SMILES string of the molecule is O=[N+]([O-])c1cc(C(F)(F)F)c(Cl)cc1Oc1ccc(Cl)cc1. The third-order valence-corrected chi connectivity index (χ3v) is 3.16. The summed E-state index contributed by atoms with van der Waals surface area (Å²) < 4.78 is 43.4. The molecule has 0 aliphatic rings. The molecule has 2 aromatic carbocycles. The third kappa shape index (κ3) is 3.61. The molecular formula is C13H6Cl2F3NO3. The molecule has 22 heavy (non-hydrogen) atoms. The van der Waals surface area contributed by atoms with Gasteiger partial charge in [0.15, 0.2) is 0 Å². The highest BCUT2D eigenvalue weighted by Gasteiger charge is 2.36. The largest absolute Gasteiger partial charge is 0.450 e. The van der Waals surface area contributed by atoms with Crippen LogP contribution in [0.3, 0.4) is 0 Å². The molecule has 0 atom stereocenters. The number of ether oxygens (including phenoxy) is 1. The Kier molecular flexibility index (Phi) is 4.48. The van der Waals surface area contributed by atoms with Crippen molar-refractivity contribution in [2.45, 2.75) is 6.18 Å². The van der Waals surface area contributed by atoms with Crippen molar-refractivity contribution in [3.8, 4) is 11.5 Å². The monoisotopic (exact) mass is 351 g/mol. The second kappa shape index (κ2) is 6.02. The van der Waals surface area contributed by atoms with Gasteiger partial charge in [0, 0.05) is 17.2 Å². The van der Waals surface area contributed by atoms with Crippen molar-refractivity contribution < 1.29 is 22.8 Å². The van der Waals surface area contributed by atoms with E-state index in [0.29, 0.717) is 11.1 Å². The highest BCUT2D eigenvalue weighted by Crippen LogP contribution is 2.42. The van der Waals surface area contributed by atoms with Gasteiger partial charge < -0.3 is 4.74 Å². The normalized spacial score (nSPS) is 11.3. The van der Waals surface area contributed by atoms with Crippen molar-refractivity contribution in [1.82, 2.24) is 0 Å². The average Bonchev–Trinajstić information content (AvgIpc) is 2.39. The Morgan fingerprint density at radius 3 is 2.18 bits per heavy atom. The van der Waals surface area contributed by atoms with Gasteiger partial charge in [-0.2, -0.15) is 13.2 Å². The van der Waals surface area contributed by atoms with Gasteiger partial charge in [-0.3, -0.25) is 10.1 Å². The molecule has 0 radical (unpaired) electrons. The fourth-order valence-corrected chi connectivity index (χ4v) is 2.00. The molecule has 0 fully saturated rings. The summed E-state index contributed by atoms with van der Waals surface area (Å²) in [5, 5.41) is 10.7. The minimum absolute atomic E-state index is 0.170. The summed E-state index contributed by atoms with van der Waals surface area (Å²) in [6.07, 6.45) is -4.80. The summed E-state index contributed by atoms with van der Waals surface area (Å²) in [6, 6.07) is 6.86. The van der Waals surface area contributed by atoms with E-state index in [1.165, 1.54) is 24.3 Å². The van der Waals surface area contributed by atoms with Crippen LogP contribution in [0.1, 0.15) is 5.56 Å². The molecule has 0 N–H and O–H groups in total. The standard InChI is InChI=1S/C13H6Cl2F3NO3/c14-7-1-3-8(4-2-7)22-12-6-10(15)9(13(16,17)18)5-11(12)19(20)21/h1-6H. The third-order valence-electron chi connectivity index (χ3n) is 2.59. The molecule has 0 bridgehead atoms. The average molecular weight is 352 g/mol. The van der Waals surface area contributed by atoms with E-state index < -0.39 is 33.1 Å². The van der Waals surface area contributed by atoms with Gasteiger partial charge in [-0.25, -0.2) is 0 Å². The summed E-state index contributed by atoms with van der Waals surface area (Å²) in [4.78, 5) is 9.98. The zero-order chi connectivity index (χ0) is 16.5. The van der Waals surface area contributed by atoms with Crippen LogP contribution in [0.5, 0.6) is 11.5 Å². The molecule has 0 saturated heterocycles. The molecule has 2 aromatic rings. The molecule has 0 spiro atoms. The van der Waals surface area contributed by atoms with Crippen LogP contribution in [0, 0.1) is 10.1 Å². The fourth-order valence-electron chi connectivity index (χ4n) is 1.61. The Morgan fingerprint density at radius 2 is 1.68 bits per heavy atom. The highest BCUT2D eigenvalue weighted by molar-refractivity contribution is 6.31. The number of hydrogen-bond donors (Lipinski definition) is 0. The molecule has 2 rings (SSSR count). The minimum Gasteiger partial charge on any atom is -0.450 e. The second-order valence-electron chi connectivity index (χ2n) is 4.11. The lowest BCUT2D eigenvalue weighted by atomic mass is 10.1. The lowest BCUT2D eigenvalue weighted by Gasteiger charge is -2.12. The summed E-state index contributed by atoms with van der Waals surface area (Å²) in [5.41, 5.74) is -2.14. The lowest BCUT2D eigenvalue weighted by molar-refractivity contribution is -0.385. The van der Waals surface area contributed by atoms with Gasteiger partial charge in [0.25, 0.3) is 0 Å². The first-order chi connectivity index (χ1) is 10.2. The van der Waals surface area contributed by atoms with E-state index in [1.54, 1.807) is 0 Å². The van der Waals surface area contributed by atoms with Crippen LogP contribution in [-0.4, -0.2) is 4.92 Å². The van der Waals surface area contributed by atoms with Gasteiger partial charge in [0.1, 0.15) is 5.75 Å². The molecule has 4 nitrogen and oxygen atoms in total. The molecule has 0 heterocycles. The smallest absolute Gasteiger partial charge is 0.418 e. The van der Waals surface area contributed by atoms with E-state index >= 15 is 0 Å². The number of rotatable bonds is 3. The van der Waals surface area contributed by atoms with Gasteiger partial charge in [-0.05, 0) is 24.3 Å². The predicted molar refractivity (Wildman–Crippen MR) is 74.6 cm³/mol. The minimum atomic E-state index is -4.80. The Balaban J connectivity index is 2.49. The van der Waals surface area contributed by atoms with Crippen LogP contribution in [0.15, 0.2) is 36.4 Å². The molecule has 0 aliphatic heterocycles.